The molecule has 1 fully saturated rings. The summed E-state index contributed by atoms with van der Waals surface area (Å²) in [6, 6.07) is 8.33. The van der Waals surface area contributed by atoms with Gasteiger partial charge in [0.25, 0.3) is 0 Å². The number of benzene rings is 2. The van der Waals surface area contributed by atoms with Crippen molar-refractivity contribution in [3.63, 3.8) is 0 Å². The number of nitrogens with one attached hydrogen (secondary N) is 1. The van der Waals surface area contributed by atoms with Gasteiger partial charge in [-0.2, -0.15) is 13.2 Å². The molecule has 1 atom stereocenters. The van der Waals surface area contributed by atoms with E-state index in [1.165, 1.54) is 6.07 Å². The highest BCUT2D eigenvalue weighted by Gasteiger charge is 2.48. The number of carbonyl (C=O) groups excluding carboxylic acids is 1. The zero-order valence-electron chi connectivity index (χ0n) is 14.6. The van der Waals surface area contributed by atoms with Crippen LogP contribution in [0.2, 0.25) is 0 Å². The van der Waals surface area contributed by atoms with E-state index >= 15 is 0 Å². The normalized spacial score (nSPS) is 16.9. The van der Waals surface area contributed by atoms with Crippen LogP contribution in [-0.2, 0) is 4.79 Å². The molecule has 1 heterocycles. The molecule has 2 aromatic carbocycles. The molecular formula is C19H21F3N2O2. The molecule has 1 N–H and O–H groups in total. The van der Waals surface area contributed by atoms with Gasteiger partial charge in [0.1, 0.15) is 5.75 Å². The summed E-state index contributed by atoms with van der Waals surface area (Å²) in [5, 5.41) is 2.39. The zero-order chi connectivity index (χ0) is 18.9. The summed E-state index contributed by atoms with van der Waals surface area (Å²) in [4.78, 5) is 11.5. The van der Waals surface area contributed by atoms with Crippen LogP contribution in [0.4, 0.5) is 13.2 Å². The second-order valence-corrected chi connectivity index (χ2v) is 6.83. The van der Waals surface area contributed by atoms with E-state index in [9.17, 15) is 18.0 Å². The maximum atomic E-state index is 13.9. The maximum absolute atomic E-state index is 13.9. The van der Waals surface area contributed by atoms with Gasteiger partial charge in [-0.3, -0.25) is 10.2 Å². The number of halogens is 3. The second-order valence-electron chi connectivity index (χ2n) is 6.83. The third kappa shape index (κ3) is 3.77. The van der Waals surface area contributed by atoms with Gasteiger partial charge in [0.05, 0.1) is 6.61 Å². The lowest BCUT2D eigenvalue weighted by Crippen LogP contribution is -2.43. The number of ether oxygens (including phenoxy) is 1. The highest BCUT2D eigenvalue weighted by molar-refractivity contribution is 5.90. The minimum Gasteiger partial charge on any atom is -0.492 e. The summed E-state index contributed by atoms with van der Waals surface area (Å²) in [7, 11) is 0. The zero-order valence-corrected chi connectivity index (χ0v) is 14.6. The van der Waals surface area contributed by atoms with E-state index in [0.29, 0.717) is 12.0 Å². The molecule has 1 amide bonds. The molecule has 0 unspecified atom stereocenters. The lowest BCUT2D eigenvalue weighted by atomic mass is 9.99. The summed E-state index contributed by atoms with van der Waals surface area (Å²) in [6.45, 7) is 4.18. The Kier molecular flexibility index (Phi) is 5.09. The molecule has 0 bridgehead atoms. The molecule has 1 aliphatic heterocycles. The highest BCUT2D eigenvalue weighted by atomic mass is 19.4. The van der Waals surface area contributed by atoms with Crippen LogP contribution >= 0.6 is 0 Å². The van der Waals surface area contributed by atoms with Gasteiger partial charge in [0.2, 0.25) is 5.91 Å². The fourth-order valence-electron chi connectivity index (χ4n) is 3.09. The third-order valence-corrected chi connectivity index (χ3v) is 4.24. The van der Waals surface area contributed by atoms with E-state index in [-0.39, 0.29) is 30.2 Å². The number of fused-ring (bicyclic) bond motifs is 1. The summed E-state index contributed by atoms with van der Waals surface area (Å²) in [6.07, 6.45) is -4.52. The molecule has 0 aromatic heterocycles. The largest absolute Gasteiger partial charge is 0.492 e. The number of hydrogen-bond acceptors (Lipinski definition) is 3. The standard InChI is InChI=1S/C19H21F3N2O2/c1-12(2)11-26-17-14-6-4-3-5-13(14)7-8-15(17)18(19(20,21)22)24-10-9-16(25)23-24/h3-8,12,18H,9-11H2,1-2H3,(H,23,25)/t18-/m0/s1. The monoisotopic (exact) mass is 366 g/mol. The molecule has 1 saturated heterocycles. The van der Waals surface area contributed by atoms with E-state index in [0.717, 1.165) is 10.4 Å². The maximum Gasteiger partial charge on any atom is 0.410 e. The molecule has 1 aliphatic rings. The molecule has 0 spiro atoms. The highest BCUT2D eigenvalue weighted by Crippen LogP contribution is 2.44. The van der Waals surface area contributed by atoms with Gasteiger partial charge in [-0.25, -0.2) is 5.01 Å². The van der Waals surface area contributed by atoms with Crippen LogP contribution < -0.4 is 10.2 Å². The topological polar surface area (TPSA) is 41.6 Å². The van der Waals surface area contributed by atoms with E-state index in [2.05, 4.69) is 5.43 Å². The van der Waals surface area contributed by atoms with Gasteiger partial charge in [0, 0.05) is 23.9 Å². The van der Waals surface area contributed by atoms with Crippen LogP contribution in [0.1, 0.15) is 31.9 Å². The molecule has 26 heavy (non-hydrogen) atoms. The molecule has 0 radical (unpaired) electrons. The lowest BCUT2D eigenvalue weighted by molar-refractivity contribution is -0.191. The van der Waals surface area contributed by atoms with E-state index in [1.54, 1.807) is 18.2 Å². The summed E-state index contributed by atoms with van der Waals surface area (Å²) in [5.74, 6) is -0.0254. The molecule has 4 nitrogen and oxygen atoms in total. The summed E-state index contributed by atoms with van der Waals surface area (Å²) < 4.78 is 47.6. The van der Waals surface area contributed by atoms with Crippen LogP contribution in [0.5, 0.6) is 5.75 Å². The van der Waals surface area contributed by atoms with Crippen LogP contribution in [0.3, 0.4) is 0 Å². The van der Waals surface area contributed by atoms with Crippen LogP contribution in [0.25, 0.3) is 10.8 Å². The number of alkyl halides is 3. The Morgan fingerprint density at radius 1 is 1.19 bits per heavy atom. The molecule has 3 rings (SSSR count). The summed E-state index contributed by atoms with van der Waals surface area (Å²) >= 11 is 0. The first-order chi connectivity index (χ1) is 12.3. The second kappa shape index (κ2) is 7.15. The fourth-order valence-corrected chi connectivity index (χ4v) is 3.09. The Bertz CT molecular complexity index is 805. The third-order valence-electron chi connectivity index (χ3n) is 4.24. The van der Waals surface area contributed by atoms with Crippen molar-refractivity contribution in [3.8, 4) is 5.75 Å². The average Bonchev–Trinajstić information content (AvgIpc) is 2.98. The van der Waals surface area contributed by atoms with Crippen molar-refractivity contribution in [2.24, 2.45) is 5.92 Å². The van der Waals surface area contributed by atoms with Crippen LogP contribution in [0, 0.1) is 5.92 Å². The van der Waals surface area contributed by atoms with Crippen molar-refractivity contribution < 1.29 is 22.7 Å². The number of hydrazine groups is 1. The number of hydrogen-bond donors (Lipinski definition) is 1. The number of amides is 1. The predicted molar refractivity (Wildman–Crippen MR) is 92.5 cm³/mol. The Morgan fingerprint density at radius 2 is 1.92 bits per heavy atom. The molecular weight excluding hydrogens is 345 g/mol. The molecule has 7 heteroatoms. The van der Waals surface area contributed by atoms with E-state index < -0.39 is 18.1 Å². The quantitative estimate of drug-likeness (QED) is 0.862. The van der Waals surface area contributed by atoms with Gasteiger partial charge in [0.15, 0.2) is 6.04 Å². The fraction of sp³-hybridized carbons (Fsp3) is 0.421. The van der Waals surface area contributed by atoms with Crippen molar-refractivity contribution in [2.75, 3.05) is 13.2 Å². The first-order valence-corrected chi connectivity index (χ1v) is 8.54. The van der Waals surface area contributed by atoms with Crippen molar-refractivity contribution in [3.05, 3.63) is 42.0 Å². The van der Waals surface area contributed by atoms with Gasteiger partial charge in [-0.05, 0) is 11.3 Å². The van der Waals surface area contributed by atoms with Gasteiger partial charge < -0.3 is 4.74 Å². The summed E-state index contributed by atoms with van der Waals surface area (Å²) in [5.41, 5.74) is 2.33. The first kappa shape index (κ1) is 18.5. The van der Waals surface area contributed by atoms with Crippen molar-refractivity contribution in [2.45, 2.75) is 32.5 Å². The minimum absolute atomic E-state index is 0.000538. The van der Waals surface area contributed by atoms with E-state index in [4.69, 9.17) is 4.74 Å². The van der Waals surface area contributed by atoms with Gasteiger partial charge >= 0.3 is 6.18 Å². The molecule has 2 aromatic rings. The predicted octanol–water partition coefficient (Wildman–Crippen LogP) is 4.21. The molecule has 140 valence electrons. The van der Waals surface area contributed by atoms with Gasteiger partial charge in [-0.15, -0.1) is 0 Å². The van der Waals surface area contributed by atoms with Crippen molar-refractivity contribution in [1.29, 1.82) is 0 Å². The Labute approximate surface area is 149 Å². The number of nitrogens with zero attached hydrogens (tertiary/aromatic N) is 1. The van der Waals surface area contributed by atoms with Crippen molar-refractivity contribution >= 4 is 16.7 Å². The Balaban J connectivity index is 2.13. The Hall–Kier alpha value is -2.28. The van der Waals surface area contributed by atoms with Crippen LogP contribution in [-0.4, -0.2) is 30.2 Å². The van der Waals surface area contributed by atoms with Crippen LogP contribution in [0.15, 0.2) is 36.4 Å². The SMILES string of the molecule is CC(C)COc1c([C@H](N2CCC(=O)N2)C(F)(F)F)ccc2ccccc12. The Morgan fingerprint density at radius 3 is 2.54 bits per heavy atom. The smallest absolute Gasteiger partial charge is 0.410 e. The minimum atomic E-state index is -4.56. The lowest BCUT2D eigenvalue weighted by Gasteiger charge is -2.31. The van der Waals surface area contributed by atoms with Crippen molar-refractivity contribution in [1.82, 2.24) is 10.4 Å². The molecule has 0 aliphatic carbocycles. The number of carbonyl (C=O) groups is 1. The van der Waals surface area contributed by atoms with Gasteiger partial charge in [-0.1, -0.05) is 50.2 Å². The number of rotatable bonds is 5. The van der Waals surface area contributed by atoms with E-state index in [1.807, 2.05) is 26.0 Å². The first-order valence-electron chi connectivity index (χ1n) is 8.54. The average molecular weight is 366 g/mol. The molecule has 0 saturated carbocycles.